The van der Waals surface area contributed by atoms with E-state index >= 15 is 0 Å². The van der Waals surface area contributed by atoms with Crippen LogP contribution in [0.3, 0.4) is 0 Å². The van der Waals surface area contributed by atoms with Gasteiger partial charge in [0.1, 0.15) is 5.02 Å². The Hall–Kier alpha value is -2.53. The van der Waals surface area contributed by atoms with Gasteiger partial charge >= 0.3 is 0 Å². The number of nitrogens with one attached hydrogen (secondary N) is 1. The third-order valence-corrected chi connectivity index (χ3v) is 7.11. The number of nitro groups is 1. The van der Waals surface area contributed by atoms with Gasteiger partial charge in [-0.3, -0.25) is 14.9 Å². The molecule has 0 bridgehead atoms. The predicted molar refractivity (Wildman–Crippen MR) is 112 cm³/mol. The van der Waals surface area contributed by atoms with Gasteiger partial charge < -0.3 is 10.2 Å². The second kappa shape index (κ2) is 9.09. The van der Waals surface area contributed by atoms with E-state index in [0.717, 1.165) is 6.07 Å². The zero-order valence-corrected chi connectivity index (χ0v) is 17.8. The van der Waals surface area contributed by atoms with Crippen molar-refractivity contribution in [2.45, 2.75) is 11.4 Å². The number of nitrogens with zero attached hydrogens (tertiary/aromatic N) is 3. The molecule has 0 aliphatic carbocycles. The fraction of sp³-hybridized carbons (Fsp3) is 0.316. The molecule has 1 amide bonds. The summed E-state index contributed by atoms with van der Waals surface area (Å²) >= 11 is 5.76. The van der Waals surface area contributed by atoms with Gasteiger partial charge in [-0.15, -0.1) is 0 Å². The Morgan fingerprint density at radius 1 is 1.13 bits per heavy atom. The second-order valence-electron chi connectivity index (χ2n) is 6.96. The summed E-state index contributed by atoms with van der Waals surface area (Å²) in [4.78, 5) is 24.9. The number of piperazine rings is 1. The van der Waals surface area contributed by atoms with Crippen LogP contribution in [0.2, 0.25) is 5.02 Å². The lowest BCUT2D eigenvalue weighted by Gasteiger charge is -2.31. The summed E-state index contributed by atoms with van der Waals surface area (Å²) in [5.74, 6) is -0.496. The van der Waals surface area contributed by atoms with E-state index in [1.807, 2.05) is 7.05 Å². The summed E-state index contributed by atoms with van der Waals surface area (Å²) < 4.78 is 27.0. The average molecular weight is 453 g/mol. The molecule has 2 aromatic carbocycles. The molecular formula is C19H21ClN4O5S. The van der Waals surface area contributed by atoms with Crippen molar-refractivity contribution in [2.75, 3.05) is 33.2 Å². The molecular weight excluding hydrogens is 432 g/mol. The van der Waals surface area contributed by atoms with Gasteiger partial charge in [-0.1, -0.05) is 23.7 Å². The zero-order chi connectivity index (χ0) is 21.9. The first-order chi connectivity index (χ1) is 14.2. The SMILES string of the molecule is CN1CCN(S(=O)(=O)c2ccc(CNC(=O)c3ccc(Cl)c([N+](=O)[O-])c3)cc2)CC1. The van der Waals surface area contributed by atoms with Crippen molar-refractivity contribution in [2.24, 2.45) is 0 Å². The van der Waals surface area contributed by atoms with Gasteiger partial charge in [0, 0.05) is 44.4 Å². The highest BCUT2D eigenvalue weighted by Gasteiger charge is 2.27. The number of benzene rings is 2. The first-order valence-electron chi connectivity index (χ1n) is 9.18. The second-order valence-corrected chi connectivity index (χ2v) is 9.30. The molecule has 160 valence electrons. The molecule has 3 rings (SSSR count). The van der Waals surface area contributed by atoms with Crippen LogP contribution in [0.25, 0.3) is 0 Å². The van der Waals surface area contributed by atoms with Crippen LogP contribution >= 0.6 is 11.6 Å². The van der Waals surface area contributed by atoms with Crippen LogP contribution in [0, 0.1) is 10.1 Å². The summed E-state index contributed by atoms with van der Waals surface area (Å²) in [7, 11) is -1.60. The number of hydrogen-bond donors (Lipinski definition) is 1. The van der Waals surface area contributed by atoms with E-state index in [1.165, 1.54) is 28.6 Å². The van der Waals surface area contributed by atoms with Gasteiger partial charge in [0.15, 0.2) is 0 Å². The molecule has 0 saturated carbocycles. The molecule has 1 saturated heterocycles. The van der Waals surface area contributed by atoms with E-state index in [2.05, 4.69) is 10.2 Å². The van der Waals surface area contributed by atoms with Crippen molar-refractivity contribution < 1.29 is 18.1 Å². The van der Waals surface area contributed by atoms with Gasteiger partial charge in [-0.25, -0.2) is 8.42 Å². The van der Waals surface area contributed by atoms with Gasteiger partial charge in [-0.05, 0) is 36.9 Å². The van der Waals surface area contributed by atoms with Gasteiger partial charge in [0.25, 0.3) is 11.6 Å². The van der Waals surface area contributed by atoms with E-state index in [1.54, 1.807) is 12.1 Å². The minimum absolute atomic E-state index is 0.0475. The molecule has 1 fully saturated rings. The minimum Gasteiger partial charge on any atom is -0.348 e. The molecule has 2 aromatic rings. The van der Waals surface area contributed by atoms with Crippen molar-refractivity contribution in [1.82, 2.24) is 14.5 Å². The van der Waals surface area contributed by atoms with Gasteiger partial charge in [0.2, 0.25) is 10.0 Å². The van der Waals surface area contributed by atoms with E-state index in [4.69, 9.17) is 11.6 Å². The average Bonchev–Trinajstić information content (AvgIpc) is 2.72. The Kier molecular flexibility index (Phi) is 6.71. The molecule has 0 atom stereocenters. The smallest absolute Gasteiger partial charge is 0.288 e. The molecule has 0 spiro atoms. The molecule has 0 radical (unpaired) electrons. The molecule has 30 heavy (non-hydrogen) atoms. The fourth-order valence-corrected chi connectivity index (χ4v) is 4.64. The lowest BCUT2D eigenvalue weighted by atomic mass is 10.1. The predicted octanol–water partition coefficient (Wildman–Crippen LogP) is 2.11. The summed E-state index contributed by atoms with van der Waals surface area (Å²) in [6, 6.07) is 10.1. The minimum atomic E-state index is -3.55. The highest BCUT2D eigenvalue weighted by molar-refractivity contribution is 7.89. The number of carbonyl (C=O) groups is 1. The molecule has 0 unspecified atom stereocenters. The molecule has 11 heteroatoms. The number of amides is 1. The molecule has 1 aliphatic heterocycles. The highest BCUT2D eigenvalue weighted by Crippen LogP contribution is 2.25. The quantitative estimate of drug-likeness (QED) is 0.530. The highest BCUT2D eigenvalue weighted by atomic mass is 35.5. The monoisotopic (exact) mass is 452 g/mol. The lowest BCUT2D eigenvalue weighted by Crippen LogP contribution is -2.47. The van der Waals surface area contributed by atoms with Crippen LogP contribution < -0.4 is 5.32 Å². The number of rotatable bonds is 6. The number of nitro benzene ring substituents is 1. The topological polar surface area (TPSA) is 113 Å². The Labute approximate surface area is 179 Å². The Balaban J connectivity index is 1.64. The number of carbonyl (C=O) groups excluding carboxylic acids is 1. The van der Waals surface area contributed by atoms with Crippen LogP contribution in [0.5, 0.6) is 0 Å². The number of sulfonamides is 1. The van der Waals surface area contributed by atoms with E-state index in [-0.39, 0.29) is 27.7 Å². The standard InChI is InChI=1S/C19H21ClN4O5S/c1-22-8-10-23(11-9-22)30(28,29)16-5-2-14(3-6-16)13-21-19(25)15-4-7-17(20)18(12-15)24(26)27/h2-7,12H,8-11,13H2,1H3,(H,21,25). The van der Waals surface area contributed by atoms with Crippen molar-refractivity contribution in [3.8, 4) is 0 Å². The lowest BCUT2D eigenvalue weighted by molar-refractivity contribution is -0.384. The van der Waals surface area contributed by atoms with Crippen LogP contribution in [-0.2, 0) is 16.6 Å². The normalized spacial score (nSPS) is 15.7. The Morgan fingerprint density at radius 3 is 2.37 bits per heavy atom. The molecule has 0 aromatic heterocycles. The molecule has 9 nitrogen and oxygen atoms in total. The summed E-state index contributed by atoms with van der Waals surface area (Å²) in [6.07, 6.45) is 0. The van der Waals surface area contributed by atoms with Crippen molar-refractivity contribution in [3.05, 3.63) is 68.7 Å². The Morgan fingerprint density at radius 2 is 1.77 bits per heavy atom. The molecule has 1 heterocycles. The Bertz CT molecular complexity index is 1050. The van der Waals surface area contributed by atoms with Crippen molar-refractivity contribution >= 4 is 33.2 Å². The summed E-state index contributed by atoms with van der Waals surface area (Å²) in [5.41, 5.74) is 0.465. The maximum atomic E-state index is 12.7. The van der Waals surface area contributed by atoms with Gasteiger partial charge in [0.05, 0.1) is 9.82 Å². The zero-order valence-electron chi connectivity index (χ0n) is 16.2. The third kappa shape index (κ3) is 4.96. The maximum Gasteiger partial charge on any atom is 0.288 e. The van der Waals surface area contributed by atoms with Gasteiger partial charge in [-0.2, -0.15) is 4.31 Å². The summed E-state index contributed by atoms with van der Waals surface area (Å²) in [6.45, 7) is 2.41. The number of hydrogen-bond acceptors (Lipinski definition) is 6. The van der Waals surface area contributed by atoms with Crippen molar-refractivity contribution in [3.63, 3.8) is 0 Å². The molecule has 1 aliphatic rings. The maximum absolute atomic E-state index is 12.7. The number of halogens is 1. The van der Waals surface area contributed by atoms with Crippen LogP contribution in [0.15, 0.2) is 47.4 Å². The van der Waals surface area contributed by atoms with Crippen LogP contribution in [0.4, 0.5) is 5.69 Å². The van der Waals surface area contributed by atoms with E-state index in [9.17, 15) is 23.3 Å². The van der Waals surface area contributed by atoms with Crippen LogP contribution in [-0.4, -0.2) is 61.7 Å². The third-order valence-electron chi connectivity index (χ3n) is 4.88. The van der Waals surface area contributed by atoms with E-state index in [0.29, 0.717) is 31.7 Å². The molecule has 1 N–H and O–H groups in total. The summed E-state index contributed by atoms with van der Waals surface area (Å²) in [5, 5.41) is 13.6. The van der Waals surface area contributed by atoms with Crippen molar-refractivity contribution in [1.29, 1.82) is 0 Å². The largest absolute Gasteiger partial charge is 0.348 e. The van der Waals surface area contributed by atoms with E-state index < -0.39 is 20.9 Å². The van der Waals surface area contributed by atoms with Crippen LogP contribution in [0.1, 0.15) is 15.9 Å². The number of likely N-dealkylation sites (N-methyl/N-ethyl adjacent to an activating group) is 1. The first-order valence-corrected chi connectivity index (χ1v) is 11.0. The first kappa shape index (κ1) is 22.2. The fourth-order valence-electron chi connectivity index (χ4n) is 3.04.